The van der Waals surface area contributed by atoms with E-state index in [1.54, 1.807) is 18.9 Å². The van der Waals surface area contributed by atoms with Gasteiger partial charge in [-0.25, -0.2) is 0 Å². The zero-order valence-electron chi connectivity index (χ0n) is 16.3. The molecule has 1 aliphatic rings. The molecule has 2 aromatic rings. The summed E-state index contributed by atoms with van der Waals surface area (Å²) in [6, 6.07) is 16.3. The largest absolute Gasteiger partial charge is 0.497 e. The van der Waals surface area contributed by atoms with Gasteiger partial charge in [0.05, 0.1) is 13.0 Å². The van der Waals surface area contributed by atoms with E-state index in [0.29, 0.717) is 19.5 Å². The minimum atomic E-state index is -0.490. The van der Waals surface area contributed by atoms with Gasteiger partial charge >= 0.3 is 0 Å². The number of methoxy groups -OCH3 is 1. The molecule has 6 nitrogen and oxygen atoms in total. The number of nitrogens with two attached hydrogens (primary N) is 1. The average Bonchev–Trinajstić information content (AvgIpc) is 3.07. The average molecular weight is 381 g/mol. The van der Waals surface area contributed by atoms with Crippen molar-refractivity contribution >= 4 is 11.8 Å². The number of ether oxygens (including phenoxy) is 1. The second-order valence-corrected chi connectivity index (χ2v) is 7.18. The summed E-state index contributed by atoms with van der Waals surface area (Å²) in [7, 11) is 1.62. The van der Waals surface area contributed by atoms with E-state index in [4.69, 9.17) is 10.5 Å². The Morgan fingerprint density at radius 3 is 2.54 bits per heavy atom. The van der Waals surface area contributed by atoms with E-state index in [9.17, 15) is 9.59 Å². The lowest BCUT2D eigenvalue weighted by Crippen LogP contribution is -2.45. The van der Waals surface area contributed by atoms with E-state index in [1.807, 2.05) is 54.6 Å². The fourth-order valence-corrected chi connectivity index (χ4v) is 3.41. The van der Waals surface area contributed by atoms with Gasteiger partial charge in [0, 0.05) is 19.1 Å². The first-order chi connectivity index (χ1) is 13.5. The zero-order chi connectivity index (χ0) is 20.1. The SMILES string of the molecule is COc1ccc(CN2CCC(NC(=O)C(C)C(N)c3ccccc3)C2=O)cc1. The highest BCUT2D eigenvalue weighted by atomic mass is 16.5. The molecule has 1 heterocycles. The molecule has 0 aliphatic carbocycles. The summed E-state index contributed by atoms with van der Waals surface area (Å²) in [6.07, 6.45) is 0.605. The molecule has 0 radical (unpaired) electrons. The maximum atomic E-state index is 12.7. The number of nitrogens with one attached hydrogen (secondary N) is 1. The Morgan fingerprint density at radius 2 is 1.89 bits per heavy atom. The first-order valence-corrected chi connectivity index (χ1v) is 9.52. The molecule has 3 atom stereocenters. The summed E-state index contributed by atoms with van der Waals surface area (Å²) >= 11 is 0. The van der Waals surface area contributed by atoms with Crippen LogP contribution >= 0.6 is 0 Å². The summed E-state index contributed by atoms with van der Waals surface area (Å²) < 4.78 is 5.16. The Morgan fingerprint density at radius 1 is 1.21 bits per heavy atom. The number of rotatable bonds is 7. The minimum absolute atomic E-state index is 0.0512. The third-order valence-electron chi connectivity index (χ3n) is 5.28. The molecule has 0 bridgehead atoms. The van der Waals surface area contributed by atoms with Crippen LogP contribution in [0.5, 0.6) is 5.75 Å². The number of amides is 2. The lowest BCUT2D eigenvalue weighted by atomic mass is 9.94. The Hall–Kier alpha value is -2.86. The lowest BCUT2D eigenvalue weighted by Gasteiger charge is -2.22. The van der Waals surface area contributed by atoms with Crippen molar-refractivity contribution < 1.29 is 14.3 Å². The highest BCUT2D eigenvalue weighted by Crippen LogP contribution is 2.21. The topological polar surface area (TPSA) is 84.7 Å². The predicted molar refractivity (Wildman–Crippen MR) is 107 cm³/mol. The van der Waals surface area contributed by atoms with Crippen LogP contribution in [0.4, 0.5) is 0 Å². The molecule has 148 valence electrons. The molecule has 6 heteroatoms. The first-order valence-electron chi connectivity index (χ1n) is 9.52. The lowest BCUT2D eigenvalue weighted by molar-refractivity contribution is -0.134. The van der Waals surface area contributed by atoms with Crippen molar-refractivity contribution in [3.05, 3.63) is 65.7 Å². The monoisotopic (exact) mass is 381 g/mol. The van der Waals surface area contributed by atoms with E-state index >= 15 is 0 Å². The first kappa shape index (κ1) is 19.9. The highest BCUT2D eigenvalue weighted by molar-refractivity contribution is 5.90. The van der Waals surface area contributed by atoms with Crippen LogP contribution in [0.15, 0.2) is 54.6 Å². The van der Waals surface area contributed by atoms with Crippen molar-refractivity contribution in [3.63, 3.8) is 0 Å². The molecule has 2 amide bonds. The van der Waals surface area contributed by atoms with Crippen molar-refractivity contribution in [2.24, 2.45) is 11.7 Å². The van der Waals surface area contributed by atoms with Gasteiger partial charge in [-0.15, -0.1) is 0 Å². The van der Waals surface area contributed by atoms with Crippen LogP contribution in [0.2, 0.25) is 0 Å². The Bertz CT molecular complexity index is 808. The quantitative estimate of drug-likeness (QED) is 0.770. The molecule has 2 aromatic carbocycles. The summed E-state index contributed by atoms with van der Waals surface area (Å²) in [6.45, 7) is 2.94. The third-order valence-corrected chi connectivity index (χ3v) is 5.28. The van der Waals surface area contributed by atoms with Crippen LogP contribution in [-0.4, -0.2) is 36.4 Å². The highest BCUT2D eigenvalue weighted by Gasteiger charge is 2.34. The van der Waals surface area contributed by atoms with Gasteiger partial charge in [0.25, 0.3) is 0 Å². The molecule has 3 rings (SSSR count). The summed E-state index contributed by atoms with van der Waals surface area (Å²) in [5, 5.41) is 2.88. The smallest absolute Gasteiger partial charge is 0.245 e. The van der Waals surface area contributed by atoms with Crippen molar-refractivity contribution in [1.82, 2.24) is 10.2 Å². The molecular weight excluding hydrogens is 354 g/mol. The molecule has 28 heavy (non-hydrogen) atoms. The molecule has 1 saturated heterocycles. The summed E-state index contributed by atoms with van der Waals surface area (Å²) in [5.74, 6) is 0.113. The van der Waals surface area contributed by atoms with Crippen LogP contribution in [-0.2, 0) is 16.1 Å². The third kappa shape index (κ3) is 4.51. The van der Waals surface area contributed by atoms with Gasteiger partial charge in [0.1, 0.15) is 11.8 Å². The number of carbonyl (C=O) groups is 2. The van der Waals surface area contributed by atoms with Gasteiger partial charge in [-0.2, -0.15) is 0 Å². The maximum absolute atomic E-state index is 12.7. The standard InChI is InChI=1S/C22H27N3O3/c1-15(20(23)17-6-4-3-5-7-17)21(26)24-19-12-13-25(22(19)27)14-16-8-10-18(28-2)11-9-16/h3-11,15,19-20H,12-14,23H2,1-2H3,(H,24,26). The number of nitrogens with zero attached hydrogens (tertiary/aromatic N) is 1. The molecule has 0 spiro atoms. The van der Waals surface area contributed by atoms with Crippen LogP contribution < -0.4 is 15.8 Å². The van der Waals surface area contributed by atoms with Crippen molar-refractivity contribution in [2.45, 2.75) is 32.0 Å². The molecule has 1 aliphatic heterocycles. The second-order valence-electron chi connectivity index (χ2n) is 7.18. The Balaban J connectivity index is 1.56. The van der Waals surface area contributed by atoms with Crippen molar-refractivity contribution in [1.29, 1.82) is 0 Å². The van der Waals surface area contributed by atoms with Crippen LogP contribution in [0, 0.1) is 5.92 Å². The number of benzene rings is 2. The molecule has 3 N–H and O–H groups in total. The van der Waals surface area contributed by atoms with E-state index in [0.717, 1.165) is 16.9 Å². The fraction of sp³-hybridized carbons (Fsp3) is 0.364. The van der Waals surface area contributed by atoms with E-state index < -0.39 is 18.0 Å². The second kappa shape index (κ2) is 8.89. The van der Waals surface area contributed by atoms with Crippen molar-refractivity contribution in [3.8, 4) is 5.75 Å². The fourth-order valence-electron chi connectivity index (χ4n) is 3.41. The number of carbonyl (C=O) groups excluding carboxylic acids is 2. The normalized spacial score (nSPS) is 18.6. The van der Waals surface area contributed by atoms with E-state index in [-0.39, 0.29) is 11.8 Å². The van der Waals surface area contributed by atoms with Crippen molar-refractivity contribution in [2.75, 3.05) is 13.7 Å². The van der Waals surface area contributed by atoms with Crippen LogP contribution in [0.3, 0.4) is 0 Å². The molecule has 3 unspecified atom stereocenters. The van der Waals surface area contributed by atoms with Crippen LogP contribution in [0.25, 0.3) is 0 Å². The number of likely N-dealkylation sites (tertiary alicyclic amines) is 1. The minimum Gasteiger partial charge on any atom is -0.497 e. The zero-order valence-corrected chi connectivity index (χ0v) is 16.3. The maximum Gasteiger partial charge on any atom is 0.245 e. The number of hydrogen-bond donors (Lipinski definition) is 2. The van der Waals surface area contributed by atoms with Crippen LogP contribution in [0.1, 0.15) is 30.5 Å². The Labute approximate surface area is 165 Å². The summed E-state index contributed by atoms with van der Waals surface area (Å²) in [4.78, 5) is 27.1. The van der Waals surface area contributed by atoms with E-state index in [2.05, 4.69) is 5.32 Å². The van der Waals surface area contributed by atoms with Gasteiger partial charge in [-0.05, 0) is 29.7 Å². The molecule has 0 saturated carbocycles. The number of hydrogen-bond acceptors (Lipinski definition) is 4. The van der Waals surface area contributed by atoms with Gasteiger partial charge in [-0.1, -0.05) is 49.4 Å². The van der Waals surface area contributed by atoms with Gasteiger partial charge in [-0.3, -0.25) is 9.59 Å². The summed E-state index contributed by atoms with van der Waals surface area (Å²) in [5.41, 5.74) is 8.17. The molecule has 0 aromatic heterocycles. The predicted octanol–water partition coefficient (Wildman–Crippen LogP) is 2.25. The van der Waals surface area contributed by atoms with Gasteiger partial charge in [0.2, 0.25) is 11.8 Å². The molecular formula is C22H27N3O3. The molecule has 1 fully saturated rings. The Kier molecular flexibility index (Phi) is 6.31. The van der Waals surface area contributed by atoms with E-state index in [1.165, 1.54) is 0 Å². The van der Waals surface area contributed by atoms with Gasteiger partial charge in [0.15, 0.2) is 0 Å². The van der Waals surface area contributed by atoms with Gasteiger partial charge < -0.3 is 20.7 Å².